The quantitative estimate of drug-likeness (QED) is 0.878. The molecule has 1 aromatic carbocycles. The van der Waals surface area contributed by atoms with Gasteiger partial charge in [-0.15, -0.1) is 0 Å². The first-order chi connectivity index (χ1) is 9.29. The number of benzene rings is 1. The molecule has 0 radical (unpaired) electrons. The van der Waals surface area contributed by atoms with Gasteiger partial charge in [0.25, 0.3) is 0 Å². The van der Waals surface area contributed by atoms with E-state index >= 15 is 0 Å². The van der Waals surface area contributed by atoms with E-state index in [1.54, 1.807) is 6.92 Å². The fourth-order valence-electron chi connectivity index (χ4n) is 2.54. The van der Waals surface area contributed by atoms with Crippen LogP contribution in [0, 0.1) is 0 Å². The summed E-state index contributed by atoms with van der Waals surface area (Å²) in [5.41, 5.74) is -0.0420. The predicted octanol–water partition coefficient (Wildman–Crippen LogP) is 0.471. The lowest BCUT2D eigenvalue weighted by Crippen LogP contribution is -2.51. The predicted molar refractivity (Wildman–Crippen MR) is 78.9 cm³/mol. The monoisotopic (exact) mass is 298 g/mol. The molecule has 1 fully saturated rings. The topological polar surface area (TPSA) is 60.9 Å². The Bertz CT molecular complexity index is 535. The Morgan fingerprint density at radius 3 is 2.20 bits per heavy atom. The van der Waals surface area contributed by atoms with Gasteiger partial charge >= 0.3 is 0 Å². The lowest BCUT2D eigenvalue weighted by Gasteiger charge is -2.37. The molecular formula is C14H22N2O3S. The zero-order valence-electron chi connectivity index (χ0n) is 12.0. The maximum Gasteiger partial charge on any atom is 0.211 e. The summed E-state index contributed by atoms with van der Waals surface area (Å²) >= 11 is 0. The van der Waals surface area contributed by atoms with Gasteiger partial charge in [-0.1, -0.05) is 30.3 Å². The van der Waals surface area contributed by atoms with E-state index in [4.69, 9.17) is 0 Å². The number of rotatable bonds is 4. The minimum absolute atomic E-state index is 0.490. The fraction of sp³-hybridized carbons (Fsp3) is 0.571. The summed E-state index contributed by atoms with van der Waals surface area (Å²) in [6.45, 7) is 4.58. The van der Waals surface area contributed by atoms with Crippen LogP contribution in [0.15, 0.2) is 30.3 Å². The van der Waals surface area contributed by atoms with Crippen molar-refractivity contribution in [3.8, 4) is 0 Å². The molecule has 0 bridgehead atoms. The van der Waals surface area contributed by atoms with Gasteiger partial charge in [-0.3, -0.25) is 4.90 Å². The molecule has 1 atom stereocenters. The minimum Gasteiger partial charge on any atom is -0.384 e. The molecular weight excluding hydrogens is 276 g/mol. The molecule has 20 heavy (non-hydrogen) atoms. The first-order valence-electron chi connectivity index (χ1n) is 6.74. The SMILES string of the molecule is CC(O)(CN1CCN(S(C)(=O)=O)CC1)c1ccccc1. The summed E-state index contributed by atoms with van der Waals surface area (Å²) in [6.07, 6.45) is 1.24. The first kappa shape index (κ1) is 15.4. The van der Waals surface area contributed by atoms with Gasteiger partial charge in [0.05, 0.1) is 11.9 Å². The van der Waals surface area contributed by atoms with E-state index in [9.17, 15) is 13.5 Å². The van der Waals surface area contributed by atoms with Gasteiger partial charge in [-0.05, 0) is 12.5 Å². The molecule has 0 spiro atoms. The second-order valence-corrected chi connectivity index (χ2v) is 7.56. The van der Waals surface area contributed by atoms with Crippen LogP contribution in [0.2, 0.25) is 0 Å². The molecule has 1 aliphatic heterocycles. The van der Waals surface area contributed by atoms with Crippen molar-refractivity contribution in [2.75, 3.05) is 39.0 Å². The largest absolute Gasteiger partial charge is 0.384 e. The summed E-state index contributed by atoms with van der Waals surface area (Å²) in [4.78, 5) is 2.11. The number of hydrogen-bond donors (Lipinski definition) is 1. The van der Waals surface area contributed by atoms with E-state index in [1.165, 1.54) is 10.6 Å². The molecule has 112 valence electrons. The molecule has 1 heterocycles. The van der Waals surface area contributed by atoms with Crippen LogP contribution in [0.5, 0.6) is 0 Å². The van der Waals surface area contributed by atoms with E-state index in [1.807, 2.05) is 30.3 Å². The van der Waals surface area contributed by atoms with E-state index in [2.05, 4.69) is 4.90 Å². The molecule has 1 saturated heterocycles. The van der Waals surface area contributed by atoms with Crippen LogP contribution in [0.4, 0.5) is 0 Å². The first-order valence-corrected chi connectivity index (χ1v) is 8.59. The van der Waals surface area contributed by atoms with Gasteiger partial charge in [-0.25, -0.2) is 8.42 Å². The van der Waals surface area contributed by atoms with E-state index in [-0.39, 0.29) is 0 Å². The second kappa shape index (κ2) is 5.81. The molecule has 0 aliphatic carbocycles. The molecule has 1 aliphatic rings. The third-order valence-electron chi connectivity index (χ3n) is 3.73. The molecule has 0 amide bonds. The van der Waals surface area contributed by atoms with Crippen LogP contribution < -0.4 is 0 Å². The molecule has 1 unspecified atom stereocenters. The van der Waals surface area contributed by atoms with E-state index < -0.39 is 15.6 Å². The molecule has 1 N–H and O–H groups in total. The summed E-state index contributed by atoms with van der Waals surface area (Å²) in [6, 6.07) is 9.56. The minimum atomic E-state index is -3.10. The Balaban J connectivity index is 1.96. The summed E-state index contributed by atoms with van der Waals surface area (Å²) in [7, 11) is -3.10. The van der Waals surface area contributed by atoms with Crippen LogP contribution in [0.25, 0.3) is 0 Å². The maximum absolute atomic E-state index is 11.5. The highest BCUT2D eigenvalue weighted by molar-refractivity contribution is 7.88. The Morgan fingerprint density at radius 1 is 1.15 bits per heavy atom. The van der Waals surface area contributed by atoms with E-state index in [0.29, 0.717) is 32.7 Å². The molecule has 0 saturated carbocycles. The lowest BCUT2D eigenvalue weighted by molar-refractivity contribution is 0.00741. The summed E-state index contributed by atoms with van der Waals surface area (Å²) in [5.74, 6) is 0. The highest BCUT2D eigenvalue weighted by atomic mass is 32.2. The third kappa shape index (κ3) is 3.79. The highest BCUT2D eigenvalue weighted by Crippen LogP contribution is 2.22. The average molecular weight is 298 g/mol. The Morgan fingerprint density at radius 2 is 1.70 bits per heavy atom. The summed E-state index contributed by atoms with van der Waals surface area (Å²) in [5, 5.41) is 10.6. The van der Waals surface area contributed by atoms with Crippen LogP contribution in [-0.2, 0) is 15.6 Å². The molecule has 5 nitrogen and oxygen atoms in total. The number of hydrogen-bond acceptors (Lipinski definition) is 4. The zero-order chi connectivity index (χ0) is 14.8. The molecule has 1 aromatic rings. The molecule has 2 rings (SSSR count). The van der Waals surface area contributed by atoms with Gasteiger partial charge < -0.3 is 5.11 Å². The fourth-order valence-corrected chi connectivity index (χ4v) is 3.37. The van der Waals surface area contributed by atoms with Crippen molar-refractivity contribution in [1.29, 1.82) is 0 Å². The summed E-state index contributed by atoms with van der Waals surface area (Å²) < 4.78 is 24.4. The molecule has 0 aromatic heterocycles. The van der Waals surface area contributed by atoms with Gasteiger partial charge in [0.15, 0.2) is 0 Å². The van der Waals surface area contributed by atoms with Gasteiger partial charge in [-0.2, -0.15) is 4.31 Å². The van der Waals surface area contributed by atoms with Crippen molar-refractivity contribution in [2.45, 2.75) is 12.5 Å². The smallest absolute Gasteiger partial charge is 0.211 e. The second-order valence-electron chi connectivity index (χ2n) is 5.58. The lowest BCUT2D eigenvalue weighted by atomic mass is 9.95. The zero-order valence-corrected chi connectivity index (χ0v) is 12.8. The maximum atomic E-state index is 11.5. The Labute approximate surface area is 120 Å². The van der Waals surface area contributed by atoms with Crippen LogP contribution in [0.1, 0.15) is 12.5 Å². The molecule has 6 heteroatoms. The highest BCUT2D eigenvalue weighted by Gasteiger charge is 2.29. The van der Waals surface area contributed by atoms with E-state index in [0.717, 1.165) is 5.56 Å². The van der Waals surface area contributed by atoms with Crippen LogP contribution in [-0.4, -0.2) is 61.7 Å². The number of nitrogens with zero attached hydrogens (tertiary/aromatic N) is 2. The number of sulfonamides is 1. The Kier molecular flexibility index (Phi) is 4.49. The van der Waals surface area contributed by atoms with Crippen LogP contribution in [0.3, 0.4) is 0 Å². The van der Waals surface area contributed by atoms with Crippen molar-refractivity contribution in [2.24, 2.45) is 0 Å². The van der Waals surface area contributed by atoms with Gasteiger partial charge in [0.1, 0.15) is 0 Å². The van der Waals surface area contributed by atoms with Gasteiger partial charge in [0, 0.05) is 32.7 Å². The number of β-amino-alcohol motifs (C(OH)–C–C–N with tert-alkyl or cyclic N) is 1. The average Bonchev–Trinajstić information content (AvgIpc) is 2.39. The van der Waals surface area contributed by atoms with Crippen molar-refractivity contribution >= 4 is 10.0 Å². The van der Waals surface area contributed by atoms with Gasteiger partial charge in [0.2, 0.25) is 10.0 Å². The van der Waals surface area contributed by atoms with Crippen molar-refractivity contribution in [3.63, 3.8) is 0 Å². The van der Waals surface area contributed by atoms with Crippen molar-refractivity contribution in [3.05, 3.63) is 35.9 Å². The van der Waals surface area contributed by atoms with Crippen LogP contribution >= 0.6 is 0 Å². The standard InChI is InChI=1S/C14H22N2O3S/c1-14(17,13-6-4-3-5-7-13)12-15-8-10-16(11-9-15)20(2,18)19/h3-7,17H,8-12H2,1-2H3. The van der Waals surface area contributed by atoms with Crippen molar-refractivity contribution < 1.29 is 13.5 Å². The number of aliphatic hydroxyl groups is 1. The van der Waals surface area contributed by atoms with Crippen molar-refractivity contribution in [1.82, 2.24) is 9.21 Å². The third-order valence-corrected chi connectivity index (χ3v) is 5.03. The number of piperazine rings is 1. The normalized spacial score (nSPS) is 21.6. The Hall–Kier alpha value is -0.950.